The molecule has 2 aromatic rings. The number of likely N-dealkylation sites (tertiary alicyclic amines) is 1. The number of hydrogen-bond acceptors (Lipinski definition) is 5. The third-order valence-corrected chi connectivity index (χ3v) is 4.48. The fraction of sp³-hybridized carbons (Fsp3) is 0.647. The van der Waals surface area contributed by atoms with E-state index in [-0.39, 0.29) is 11.8 Å². The fourth-order valence-electron chi connectivity index (χ4n) is 3.06. The third-order valence-electron chi connectivity index (χ3n) is 4.48. The first-order valence-corrected chi connectivity index (χ1v) is 8.71. The number of imidazole rings is 1. The van der Waals surface area contributed by atoms with Gasteiger partial charge in [-0.25, -0.2) is 4.98 Å². The van der Waals surface area contributed by atoms with Crippen molar-refractivity contribution in [3.05, 3.63) is 30.4 Å². The van der Waals surface area contributed by atoms with Crippen LogP contribution in [0, 0.1) is 0 Å². The molecule has 1 fully saturated rings. The number of piperidine rings is 1. The molecular weight excluding hydrogens is 306 g/mol. The Morgan fingerprint density at radius 2 is 2.33 bits per heavy atom. The standard InChI is InChI=1S/C17H25N5O2/c1-13(2)17-19-15(24-20-17)6-3-7-16(23)21-9-4-5-14(11-21)22-10-8-18-12-22/h8,10,12-14H,3-7,9,11H2,1-2H3. The molecule has 1 saturated heterocycles. The van der Waals surface area contributed by atoms with E-state index in [0.717, 1.165) is 38.2 Å². The van der Waals surface area contributed by atoms with Crippen molar-refractivity contribution in [2.45, 2.75) is 57.9 Å². The van der Waals surface area contributed by atoms with E-state index < -0.39 is 0 Å². The number of aromatic nitrogens is 4. The molecular formula is C17H25N5O2. The van der Waals surface area contributed by atoms with Gasteiger partial charge in [-0.05, 0) is 19.3 Å². The van der Waals surface area contributed by atoms with Gasteiger partial charge in [-0.1, -0.05) is 19.0 Å². The molecule has 3 rings (SSSR count). The van der Waals surface area contributed by atoms with Gasteiger partial charge in [0.15, 0.2) is 5.82 Å². The normalized spacial score (nSPS) is 18.3. The Balaban J connectivity index is 1.46. The molecule has 0 aliphatic carbocycles. The van der Waals surface area contributed by atoms with Crippen molar-refractivity contribution in [2.75, 3.05) is 13.1 Å². The number of nitrogens with zero attached hydrogens (tertiary/aromatic N) is 5. The summed E-state index contributed by atoms with van der Waals surface area (Å²) in [6, 6.07) is 0.342. The molecule has 2 aromatic heterocycles. The van der Waals surface area contributed by atoms with Crippen LogP contribution < -0.4 is 0 Å². The predicted octanol–water partition coefficient (Wildman–Crippen LogP) is 2.58. The number of aryl methyl sites for hydroxylation is 1. The van der Waals surface area contributed by atoms with Crippen LogP contribution in [-0.2, 0) is 11.2 Å². The first kappa shape index (κ1) is 16.7. The molecule has 7 heteroatoms. The Bertz CT molecular complexity index is 650. The summed E-state index contributed by atoms with van der Waals surface area (Å²) in [7, 11) is 0. The molecule has 130 valence electrons. The van der Waals surface area contributed by atoms with Crippen LogP contribution in [0.2, 0.25) is 0 Å². The van der Waals surface area contributed by atoms with Crippen LogP contribution in [0.4, 0.5) is 0 Å². The van der Waals surface area contributed by atoms with E-state index in [2.05, 4.69) is 19.7 Å². The van der Waals surface area contributed by atoms with Gasteiger partial charge in [0.1, 0.15) is 0 Å². The summed E-state index contributed by atoms with van der Waals surface area (Å²) < 4.78 is 7.33. The molecule has 3 heterocycles. The Labute approximate surface area is 142 Å². The van der Waals surface area contributed by atoms with Gasteiger partial charge < -0.3 is 14.0 Å². The maximum absolute atomic E-state index is 12.5. The molecule has 0 spiro atoms. The van der Waals surface area contributed by atoms with Gasteiger partial charge in [-0.15, -0.1) is 0 Å². The Morgan fingerprint density at radius 1 is 1.46 bits per heavy atom. The van der Waals surface area contributed by atoms with E-state index in [9.17, 15) is 4.79 Å². The Kier molecular flexibility index (Phi) is 5.27. The largest absolute Gasteiger partial charge is 0.341 e. The van der Waals surface area contributed by atoms with Crippen LogP contribution >= 0.6 is 0 Å². The van der Waals surface area contributed by atoms with E-state index in [1.165, 1.54) is 0 Å². The second-order valence-corrected chi connectivity index (χ2v) is 6.70. The van der Waals surface area contributed by atoms with Crippen LogP contribution in [0.15, 0.2) is 23.2 Å². The lowest BCUT2D eigenvalue weighted by molar-refractivity contribution is -0.132. The fourth-order valence-corrected chi connectivity index (χ4v) is 3.06. The molecule has 0 N–H and O–H groups in total. The number of rotatable bonds is 6. The van der Waals surface area contributed by atoms with E-state index in [0.29, 0.717) is 24.8 Å². The van der Waals surface area contributed by atoms with Gasteiger partial charge in [0.25, 0.3) is 0 Å². The van der Waals surface area contributed by atoms with Gasteiger partial charge >= 0.3 is 0 Å². The van der Waals surface area contributed by atoms with Gasteiger partial charge in [0.2, 0.25) is 11.8 Å². The topological polar surface area (TPSA) is 77.0 Å². The van der Waals surface area contributed by atoms with Crippen molar-refractivity contribution in [1.29, 1.82) is 0 Å². The summed E-state index contributed by atoms with van der Waals surface area (Å²) in [6.45, 7) is 5.69. The Morgan fingerprint density at radius 3 is 3.04 bits per heavy atom. The zero-order chi connectivity index (χ0) is 16.9. The second kappa shape index (κ2) is 7.59. The maximum atomic E-state index is 12.5. The predicted molar refractivity (Wildman–Crippen MR) is 88.4 cm³/mol. The molecule has 1 aliphatic rings. The zero-order valence-electron chi connectivity index (χ0n) is 14.4. The maximum Gasteiger partial charge on any atom is 0.226 e. The molecule has 24 heavy (non-hydrogen) atoms. The molecule has 7 nitrogen and oxygen atoms in total. The van der Waals surface area contributed by atoms with E-state index in [4.69, 9.17) is 4.52 Å². The van der Waals surface area contributed by atoms with Crippen molar-refractivity contribution >= 4 is 5.91 Å². The summed E-state index contributed by atoms with van der Waals surface area (Å²) in [4.78, 5) is 22.9. The van der Waals surface area contributed by atoms with Crippen molar-refractivity contribution in [3.63, 3.8) is 0 Å². The summed E-state index contributed by atoms with van der Waals surface area (Å²) in [5.74, 6) is 1.83. The minimum Gasteiger partial charge on any atom is -0.341 e. The van der Waals surface area contributed by atoms with Crippen LogP contribution in [0.25, 0.3) is 0 Å². The third kappa shape index (κ3) is 4.01. The molecule has 1 aliphatic heterocycles. The van der Waals surface area contributed by atoms with Crippen molar-refractivity contribution in [1.82, 2.24) is 24.6 Å². The molecule has 1 unspecified atom stereocenters. The first-order chi connectivity index (χ1) is 11.6. The van der Waals surface area contributed by atoms with Gasteiger partial charge in [0, 0.05) is 44.2 Å². The molecule has 1 amide bonds. The van der Waals surface area contributed by atoms with E-state index in [1.807, 2.05) is 31.3 Å². The Hall–Kier alpha value is -2.18. The summed E-state index contributed by atoms with van der Waals surface area (Å²) in [5, 5.41) is 3.95. The van der Waals surface area contributed by atoms with E-state index >= 15 is 0 Å². The highest BCUT2D eigenvalue weighted by molar-refractivity contribution is 5.76. The molecule has 1 atom stereocenters. The van der Waals surface area contributed by atoms with Crippen LogP contribution in [-0.4, -0.2) is 43.6 Å². The smallest absolute Gasteiger partial charge is 0.226 e. The van der Waals surface area contributed by atoms with Crippen molar-refractivity contribution < 1.29 is 9.32 Å². The van der Waals surface area contributed by atoms with Gasteiger partial charge in [-0.2, -0.15) is 4.98 Å². The highest BCUT2D eigenvalue weighted by atomic mass is 16.5. The lowest BCUT2D eigenvalue weighted by Gasteiger charge is -2.33. The van der Waals surface area contributed by atoms with Crippen LogP contribution in [0.3, 0.4) is 0 Å². The second-order valence-electron chi connectivity index (χ2n) is 6.70. The average molecular weight is 331 g/mol. The summed E-state index contributed by atoms with van der Waals surface area (Å²) in [5.41, 5.74) is 0. The monoisotopic (exact) mass is 331 g/mol. The molecule has 0 radical (unpaired) electrons. The highest BCUT2D eigenvalue weighted by Gasteiger charge is 2.24. The lowest BCUT2D eigenvalue weighted by atomic mass is 10.0. The number of carbonyl (C=O) groups excluding carboxylic acids is 1. The number of carbonyl (C=O) groups is 1. The summed E-state index contributed by atoms with van der Waals surface area (Å²) >= 11 is 0. The minimum absolute atomic E-state index is 0.211. The molecule has 0 bridgehead atoms. The lowest BCUT2D eigenvalue weighted by Crippen LogP contribution is -2.40. The van der Waals surface area contributed by atoms with Gasteiger partial charge in [-0.3, -0.25) is 4.79 Å². The highest BCUT2D eigenvalue weighted by Crippen LogP contribution is 2.22. The molecule has 0 saturated carbocycles. The number of hydrogen-bond donors (Lipinski definition) is 0. The van der Waals surface area contributed by atoms with Crippen molar-refractivity contribution in [2.24, 2.45) is 0 Å². The average Bonchev–Trinajstić information content (AvgIpc) is 3.27. The summed E-state index contributed by atoms with van der Waals surface area (Å²) in [6.07, 6.45) is 9.65. The van der Waals surface area contributed by atoms with Crippen molar-refractivity contribution in [3.8, 4) is 0 Å². The van der Waals surface area contributed by atoms with Gasteiger partial charge in [0.05, 0.1) is 12.4 Å². The van der Waals surface area contributed by atoms with Crippen LogP contribution in [0.1, 0.15) is 63.2 Å². The SMILES string of the molecule is CC(C)c1noc(CCCC(=O)N2CCCC(n3ccnc3)C2)n1. The quantitative estimate of drug-likeness (QED) is 0.813. The first-order valence-electron chi connectivity index (χ1n) is 8.71. The number of amides is 1. The van der Waals surface area contributed by atoms with Crippen LogP contribution in [0.5, 0.6) is 0 Å². The van der Waals surface area contributed by atoms with E-state index in [1.54, 1.807) is 6.20 Å². The zero-order valence-corrected chi connectivity index (χ0v) is 14.4. The molecule has 0 aromatic carbocycles. The minimum atomic E-state index is 0.211.